The Kier molecular flexibility index (Phi) is 7.23. The fraction of sp³-hybridized carbons (Fsp3) is 1.00. The summed E-state index contributed by atoms with van der Waals surface area (Å²) in [5, 5.41) is 12.4. The van der Waals surface area contributed by atoms with Crippen LogP contribution in [0.5, 0.6) is 0 Å². The van der Waals surface area contributed by atoms with Gasteiger partial charge in [0.15, 0.2) is 0 Å². The summed E-state index contributed by atoms with van der Waals surface area (Å²) in [6.45, 7) is 9.65. The van der Waals surface area contributed by atoms with E-state index in [-0.39, 0.29) is 0 Å². The molecule has 0 rings (SSSR count). The van der Waals surface area contributed by atoms with E-state index in [2.05, 4.69) is 19.2 Å². The lowest BCUT2D eigenvalue weighted by molar-refractivity contribution is 0.0516. The van der Waals surface area contributed by atoms with Gasteiger partial charge >= 0.3 is 0 Å². The van der Waals surface area contributed by atoms with Gasteiger partial charge in [0.05, 0.1) is 6.61 Å². The third-order valence-corrected chi connectivity index (χ3v) is 1.51. The molecule has 0 heterocycles. The zero-order chi connectivity index (χ0) is 10.3. The zero-order valence-corrected chi connectivity index (χ0v) is 9.21. The molecule has 0 fully saturated rings. The molecule has 0 saturated heterocycles. The Morgan fingerprint density at radius 3 is 2.31 bits per heavy atom. The molecule has 0 aliphatic rings. The summed E-state index contributed by atoms with van der Waals surface area (Å²) in [4.78, 5) is 0. The van der Waals surface area contributed by atoms with Crippen LogP contribution in [-0.4, -0.2) is 30.6 Å². The topological polar surface area (TPSA) is 41.5 Å². The highest BCUT2D eigenvalue weighted by Gasteiger charge is 2.04. The molecule has 13 heavy (non-hydrogen) atoms. The monoisotopic (exact) mass is 189 g/mol. The van der Waals surface area contributed by atoms with Crippen LogP contribution in [-0.2, 0) is 4.74 Å². The Hall–Kier alpha value is -0.120. The van der Waals surface area contributed by atoms with E-state index in [1.165, 1.54) is 0 Å². The molecule has 0 spiro atoms. The largest absolute Gasteiger partial charge is 0.381 e. The molecule has 2 N–H and O–H groups in total. The SMILES string of the molecule is CC(C)COCC[C@@H](O)NC(C)C. The van der Waals surface area contributed by atoms with Gasteiger partial charge in [-0.1, -0.05) is 13.8 Å². The van der Waals surface area contributed by atoms with Gasteiger partial charge in [-0.05, 0) is 19.8 Å². The van der Waals surface area contributed by atoms with Gasteiger partial charge in [0.25, 0.3) is 0 Å². The maximum Gasteiger partial charge on any atom is 0.107 e. The number of hydrogen-bond acceptors (Lipinski definition) is 3. The van der Waals surface area contributed by atoms with E-state index in [1.807, 2.05) is 13.8 Å². The van der Waals surface area contributed by atoms with Crippen LogP contribution >= 0.6 is 0 Å². The van der Waals surface area contributed by atoms with Crippen molar-refractivity contribution in [2.24, 2.45) is 5.92 Å². The predicted octanol–water partition coefficient (Wildman–Crippen LogP) is 1.37. The molecular weight excluding hydrogens is 166 g/mol. The van der Waals surface area contributed by atoms with Crippen LogP contribution in [0.3, 0.4) is 0 Å². The van der Waals surface area contributed by atoms with Crippen molar-refractivity contribution < 1.29 is 9.84 Å². The van der Waals surface area contributed by atoms with Crippen LogP contribution in [0.15, 0.2) is 0 Å². The summed E-state index contributed by atoms with van der Waals surface area (Å²) in [6, 6.07) is 0.320. The number of aliphatic hydroxyl groups excluding tert-OH is 1. The number of rotatable bonds is 7. The molecule has 0 unspecified atom stereocenters. The van der Waals surface area contributed by atoms with Gasteiger partial charge in [-0.3, -0.25) is 5.32 Å². The minimum Gasteiger partial charge on any atom is -0.381 e. The second-order valence-electron chi connectivity index (χ2n) is 4.09. The average Bonchev–Trinajstić information content (AvgIpc) is 1.96. The quantitative estimate of drug-likeness (QED) is 0.469. The Labute approximate surface area is 81.5 Å². The minimum atomic E-state index is -0.438. The first-order valence-corrected chi connectivity index (χ1v) is 5.04. The highest BCUT2D eigenvalue weighted by atomic mass is 16.5. The summed E-state index contributed by atoms with van der Waals surface area (Å²) in [5.74, 6) is 0.565. The molecule has 0 saturated carbocycles. The van der Waals surface area contributed by atoms with E-state index in [0.29, 0.717) is 25.0 Å². The molecule has 80 valence electrons. The molecule has 0 aromatic heterocycles. The Balaban J connectivity index is 3.22. The van der Waals surface area contributed by atoms with Crippen LogP contribution in [0.2, 0.25) is 0 Å². The first-order valence-electron chi connectivity index (χ1n) is 5.04. The molecule has 0 aromatic rings. The third-order valence-electron chi connectivity index (χ3n) is 1.51. The van der Waals surface area contributed by atoms with Crippen molar-refractivity contribution in [3.05, 3.63) is 0 Å². The second kappa shape index (κ2) is 7.30. The Morgan fingerprint density at radius 1 is 1.23 bits per heavy atom. The van der Waals surface area contributed by atoms with E-state index in [0.717, 1.165) is 6.61 Å². The maximum atomic E-state index is 9.39. The highest BCUT2D eigenvalue weighted by Crippen LogP contribution is 1.95. The van der Waals surface area contributed by atoms with E-state index in [1.54, 1.807) is 0 Å². The predicted molar refractivity (Wildman–Crippen MR) is 54.6 cm³/mol. The molecule has 1 atom stereocenters. The third kappa shape index (κ3) is 9.80. The van der Waals surface area contributed by atoms with Crippen LogP contribution < -0.4 is 5.32 Å². The van der Waals surface area contributed by atoms with Crippen molar-refractivity contribution in [3.63, 3.8) is 0 Å². The van der Waals surface area contributed by atoms with E-state index < -0.39 is 6.23 Å². The summed E-state index contributed by atoms with van der Waals surface area (Å²) in [5.41, 5.74) is 0. The van der Waals surface area contributed by atoms with Crippen molar-refractivity contribution in [1.82, 2.24) is 5.32 Å². The molecule has 0 aliphatic carbocycles. The van der Waals surface area contributed by atoms with E-state index in [9.17, 15) is 5.11 Å². The lowest BCUT2D eigenvalue weighted by Gasteiger charge is -2.15. The molecule has 3 heteroatoms. The van der Waals surface area contributed by atoms with Crippen molar-refractivity contribution in [2.75, 3.05) is 13.2 Å². The molecule has 0 amide bonds. The highest BCUT2D eigenvalue weighted by molar-refractivity contribution is 4.57. The van der Waals surface area contributed by atoms with Gasteiger partial charge in [0.1, 0.15) is 6.23 Å². The normalized spacial score (nSPS) is 14.1. The summed E-state index contributed by atoms with van der Waals surface area (Å²) in [7, 11) is 0. The first-order chi connectivity index (χ1) is 6.02. The van der Waals surface area contributed by atoms with Gasteiger partial charge in [-0.25, -0.2) is 0 Å². The van der Waals surface area contributed by atoms with Crippen molar-refractivity contribution in [3.8, 4) is 0 Å². The molecular formula is C10H23NO2. The minimum absolute atomic E-state index is 0.320. The zero-order valence-electron chi connectivity index (χ0n) is 9.21. The number of nitrogens with one attached hydrogen (secondary N) is 1. The maximum absolute atomic E-state index is 9.39. The van der Waals surface area contributed by atoms with Crippen LogP contribution in [0, 0.1) is 5.92 Å². The molecule has 0 aliphatic heterocycles. The average molecular weight is 189 g/mol. The fourth-order valence-corrected chi connectivity index (χ4v) is 0.982. The number of hydrogen-bond donors (Lipinski definition) is 2. The first kappa shape index (κ1) is 12.9. The molecule has 3 nitrogen and oxygen atoms in total. The van der Waals surface area contributed by atoms with Gasteiger partial charge in [0.2, 0.25) is 0 Å². The molecule has 0 radical (unpaired) electrons. The number of ether oxygens (including phenoxy) is 1. The standard InChI is InChI=1S/C10H23NO2/c1-8(2)7-13-6-5-10(12)11-9(3)4/h8-12H,5-7H2,1-4H3/t10-/m1/s1. The fourth-order valence-electron chi connectivity index (χ4n) is 0.982. The molecule has 0 aromatic carbocycles. The van der Waals surface area contributed by atoms with Gasteiger partial charge in [-0.2, -0.15) is 0 Å². The van der Waals surface area contributed by atoms with Crippen LogP contribution in [0.25, 0.3) is 0 Å². The van der Waals surface area contributed by atoms with Crippen LogP contribution in [0.4, 0.5) is 0 Å². The van der Waals surface area contributed by atoms with Gasteiger partial charge < -0.3 is 9.84 Å². The summed E-state index contributed by atoms with van der Waals surface area (Å²) in [6.07, 6.45) is 0.220. The van der Waals surface area contributed by atoms with Crippen molar-refractivity contribution in [1.29, 1.82) is 0 Å². The smallest absolute Gasteiger partial charge is 0.107 e. The van der Waals surface area contributed by atoms with E-state index >= 15 is 0 Å². The molecule has 0 bridgehead atoms. The summed E-state index contributed by atoms with van der Waals surface area (Å²) >= 11 is 0. The summed E-state index contributed by atoms with van der Waals surface area (Å²) < 4.78 is 5.35. The van der Waals surface area contributed by atoms with Crippen molar-refractivity contribution in [2.45, 2.75) is 46.4 Å². The lowest BCUT2D eigenvalue weighted by Crippen LogP contribution is -2.35. The Morgan fingerprint density at radius 2 is 1.85 bits per heavy atom. The lowest BCUT2D eigenvalue weighted by atomic mass is 10.2. The van der Waals surface area contributed by atoms with Crippen molar-refractivity contribution >= 4 is 0 Å². The van der Waals surface area contributed by atoms with Gasteiger partial charge in [0, 0.05) is 19.1 Å². The van der Waals surface area contributed by atoms with Gasteiger partial charge in [-0.15, -0.1) is 0 Å². The van der Waals surface area contributed by atoms with E-state index in [4.69, 9.17) is 4.74 Å². The van der Waals surface area contributed by atoms with Crippen LogP contribution in [0.1, 0.15) is 34.1 Å². The number of aliphatic hydroxyl groups is 1. The Bertz CT molecular complexity index is 115. The second-order valence-corrected chi connectivity index (χ2v) is 4.09.